The van der Waals surface area contributed by atoms with Gasteiger partial charge in [-0.15, -0.1) is 11.3 Å². The monoisotopic (exact) mass is 209 g/mol. The first-order chi connectivity index (χ1) is 6.68. The van der Waals surface area contributed by atoms with Crippen molar-refractivity contribution < 1.29 is 0 Å². The quantitative estimate of drug-likeness (QED) is 0.813. The van der Waals surface area contributed by atoms with Crippen LogP contribution in [0.5, 0.6) is 0 Å². The predicted molar refractivity (Wildman–Crippen MR) is 62.6 cm³/mol. The molecule has 2 atom stereocenters. The summed E-state index contributed by atoms with van der Waals surface area (Å²) in [5.74, 6) is 0.836. The lowest BCUT2D eigenvalue weighted by Gasteiger charge is -2.23. The van der Waals surface area contributed by atoms with Gasteiger partial charge in [0.05, 0.1) is 0 Å². The molecule has 2 N–H and O–H groups in total. The highest BCUT2D eigenvalue weighted by atomic mass is 32.1. The summed E-state index contributed by atoms with van der Waals surface area (Å²) in [4.78, 5) is 1.48. The van der Waals surface area contributed by atoms with Gasteiger partial charge in [0.25, 0.3) is 0 Å². The topological polar surface area (TPSA) is 26.0 Å². The van der Waals surface area contributed by atoms with Crippen molar-refractivity contribution in [2.45, 2.75) is 44.6 Å². The summed E-state index contributed by atoms with van der Waals surface area (Å²) < 4.78 is 0. The maximum atomic E-state index is 6.37. The third kappa shape index (κ3) is 2.37. The molecule has 0 bridgehead atoms. The fraction of sp³-hybridized carbons (Fsp3) is 0.667. The average molecular weight is 209 g/mol. The van der Waals surface area contributed by atoms with Crippen LogP contribution in [0.4, 0.5) is 0 Å². The molecule has 1 aliphatic carbocycles. The van der Waals surface area contributed by atoms with E-state index in [1.54, 1.807) is 0 Å². The lowest BCUT2D eigenvalue weighted by molar-refractivity contribution is 0.393. The van der Waals surface area contributed by atoms with Gasteiger partial charge >= 0.3 is 0 Å². The SMILES string of the molecule is CC1CCC(N)(CCc2cccs2)C1. The normalized spacial score (nSPS) is 32.3. The van der Waals surface area contributed by atoms with Crippen LogP contribution in [0.1, 0.15) is 37.5 Å². The van der Waals surface area contributed by atoms with Gasteiger partial charge in [-0.1, -0.05) is 13.0 Å². The third-order valence-corrected chi connectivity index (χ3v) is 4.28. The average Bonchev–Trinajstić information content (AvgIpc) is 2.73. The maximum absolute atomic E-state index is 6.37. The summed E-state index contributed by atoms with van der Waals surface area (Å²) >= 11 is 1.85. The van der Waals surface area contributed by atoms with Gasteiger partial charge in [-0.25, -0.2) is 0 Å². The molecule has 1 aliphatic rings. The molecule has 2 heteroatoms. The van der Waals surface area contributed by atoms with Crippen molar-refractivity contribution in [1.82, 2.24) is 0 Å². The van der Waals surface area contributed by atoms with Gasteiger partial charge in [-0.3, -0.25) is 0 Å². The Morgan fingerprint density at radius 1 is 1.64 bits per heavy atom. The Labute approximate surface area is 90.3 Å². The van der Waals surface area contributed by atoms with E-state index in [9.17, 15) is 0 Å². The second-order valence-corrected chi connectivity index (χ2v) is 5.82. The number of hydrogen-bond acceptors (Lipinski definition) is 2. The first kappa shape index (κ1) is 10.2. The van der Waals surface area contributed by atoms with Gasteiger partial charge < -0.3 is 5.73 Å². The molecule has 0 radical (unpaired) electrons. The minimum atomic E-state index is 0.142. The van der Waals surface area contributed by atoms with Crippen LogP contribution in [0.25, 0.3) is 0 Å². The van der Waals surface area contributed by atoms with E-state index in [1.165, 1.54) is 30.6 Å². The van der Waals surface area contributed by atoms with Gasteiger partial charge in [-0.2, -0.15) is 0 Å². The molecule has 1 saturated carbocycles. The molecule has 1 fully saturated rings. The van der Waals surface area contributed by atoms with E-state index in [-0.39, 0.29) is 5.54 Å². The fourth-order valence-electron chi connectivity index (χ4n) is 2.49. The van der Waals surface area contributed by atoms with Crippen molar-refractivity contribution in [3.05, 3.63) is 22.4 Å². The number of rotatable bonds is 3. The summed E-state index contributed by atoms with van der Waals surface area (Å²) in [6, 6.07) is 4.34. The molecule has 0 aliphatic heterocycles. The van der Waals surface area contributed by atoms with Crippen LogP contribution < -0.4 is 5.73 Å². The molecule has 1 heterocycles. The third-order valence-electron chi connectivity index (χ3n) is 3.34. The largest absolute Gasteiger partial charge is 0.325 e. The lowest BCUT2D eigenvalue weighted by Crippen LogP contribution is -2.37. The number of nitrogens with two attached hydrogens (primary N) is 1. The first-order valence-electron chi connectivity index (χ1n) is 5.49. The van der Waals surface area contributed by atoms with Crippen LogP contribution in [0.2, 0.25) is 0 Å². The van der Waals surface area contributed by atoms with E-state index in [4.69, 9.17) is 5.73 Å². The zero-order valence-electron chi connectivity index (χ0n) is 8.83. The van der Waals surface area contributed by atoms with Gasteiger partial charge in [0.1, 0.15) is 0 Å². The van der Waals surface area contributed by atoms with Gasteiger partial charge in [-0.05, 0) is 49.5 Å². The molecule has 0 aromatic carbocycles. The van der Waals surface area contributed by atoms with Crippen molar-refractivity contribution in [2.24, 2.45) is 11.7 Å². The Kier molecular flexibility index (Phi) is 2.93. The summed E-state index contributed by atoms with van der Waals surface area (Å²) in [6.45, 7) is 2.32. The van der Waals surface area contributed by atoms with Gasteiger partial charge in [0.15, 0.2) is 0 Å². The maximum Gasteiger partial charge on any atom is 0.0160 e. The van der Waals surface area contributed by atoms with Crippen LogP contribution in [0.3, 0.4) is 0 Å². The van der Waals surface area contributed by atoms with Crippen molar-refractivity contribution >= 4 is 11.3 Å². The number of thiophene rings is 1. The molecule has 0 saturated heterocycles. The molecule has 1 aromatic heterocycles. The molecular weight excluding hydrogens is 190 g/mol. The van der Waals surface area contributed by atoms with Crippen molar-refractivity contribution in [3.8, 4) is 0 Å². The van der Waals surface area contributed by atoms with Crippen LogP contribution in [0, 0.1) is 5.92 Å². The molecule has 14 heavy (non-hydrogen) atoms. The Hall–Kier alpha value is -0.340. The Balaban J connectivity index is 1.86. The van der Waals surface area contributed by atoms with Crippen molar-refractivity contribution in [1.29, 1.82) is 0 Å². The van der Waals surface area contributed by atoms with E-state index in [0.717, 1.165) is 12.3 Å². The molecule has 1 aromatic rings. The second-order valence-electron chi connectivity index (χ2n) is 4.79. The summed E-state index contributed by atoms with van der Waals surface area (Å²) in [5, 5.41) is 2.15. The van der Waals surface area contributed by atoms with Gasteiger partial charge in [0, 0.05) is 10.4 Å². The van der Waals surface area contributed by atoms with Crippen LogP contribution in [0.15, 0.2) is 17.5 Å². The number of hydrogen-bond donors (Lipinski definition) is 1. The van der Waals surface area contributed by atoms with E-state index < -0.39 is 0 Å². The Morgan fingerprint density at radius 3 is 3.07 bits per heavy atom. The standard InChI is InChI=1S/C12H19NS/c1-10-4-6-12(13,9-10)7-5-11-3-2-8-14-11/h2-3,8,10H,4-7,9,13H2,1H3. The van der Waals surface area contributed by atoms with E-state index in [1.807, 2.05) is 11.3 Å². The highest BCUT2D eigenvalue weighted by molar-refractivity contribution is 7.09. The number of aryl methyl sites for hydroxylation is 1. The Bertz CT molecular complexity index is 281. The van der Waals surface area contributed by atoms with Crippen molar-refractivity contribution in [2.75, 3.05) is 0 Å². The van der Waals surface area contributed by atoms with Crippen LogP contribution in [-0.4, -0.2) is 5.54 Å². The second kappa shape index (κ2) is 4.03. The summed E-state index contributed by atoms with van der Waals surface area (Å²) in [5.41, 5.74) is 6.51. The summed E-state index contributed by atoms with van der Waals surface area (Å²) in [7, 11) is 0. The molecule has 0 spiro atoms. The first-order valence-corrected chi connectivity index (χ1v) is 6.37. The lowest BCUT2D eigenvalue weighted by atomic mass is 9.91. The Morgan fingerprint density at radius 2 is 2.50 bits per heavy atom. The summed E-state index contributed by atoms with van der Waals surface area (Å²) in [6.07, 6.45) is 6.09. The van der Waals surface area contributed by atoms with E-state index in [0.29, 0.717) is 0 Å². The minimum Gasteiger partial charge on any atom is -0.325 e. The highest BCUT2D eigenvalue weighted by Gasteiger charge is 2.32. The van der Waals surface area contributed by atoms with Crippen LogP contribution in [-0.2, 0) is 6.42 Å². The zero-order chi connectivity index (χ0) is 10.0. The van der Waals surface area contributed by atoms with Crippen LogP contribution >= 0.6 is 11.3 Å². The molecule has 2 rings (SSSR count). The van der Waals surface area contributed by atoms with Crippen molar-refractivity contribution in [3.63, 3.8) is 0 Å². The van der Waals surface area contributed by atoms with E-state index in [2.05, 4.69) is 24.4 Å². The molecular formula is C12H19NS. The molecule has 1 nitrogen and oxygen atoms in total. The minimum absolute atomic E-state index is 0.142. The fourth-order valence-corrected chi connectivity index (χ4v) is 3.19. The molecule has 0 amide bonds. The molecule has 2 unspecified atom stereocenters. The smallest absolute Gasteiger partial charge is 0.0160 e. The zero-order valence-corrected chi connectivity index (χ0v) is 9.65. The van der Waals surface area contributed by atoms with E-state index >= 15 is 0 Å². The predicted octanol–water partition coefficient (Wildman–Crippen LogP) is 3.20. The van der Waals surface area contributed by atoms with Gasteiger partial charge in [0.2, 0.25) is 0 Å². The highest BCUT2D eigenvalue weighted by Crippen LogP contribution is 2.35. The molecule has 78 valence electrons.